The van der Waals surface area contributed by atoms with Crippen LogP contribution >= 0.6 is 0 Å². The van der Waals surface area contributed by atoms with Crippen LogP contribution in [0.25, 0.3) is 0 Å². The standard InChI is InChI=1S/C5H10O2.C4H6O2.C3H8O.C2H4O/c1-4(2)7-5(3)6;1-3-6-4(2)5;1-3(2)4;1-2-3/h4H,1-3H3;3H,1H2,2H3;3-4H,1-2H3;2H,1H3. The van der Waals surface area contributed by atoms with Gasteiger partial charge in [0.25, 0.3) is 0 Å². The highest BCUT2D eigenvalue weighted by Gasteiger charge is 1.93. The first-order chi connectivity index (χ1) is 9.04. The van der Waals surface area contributed by atoms with E-state index < -0.39 is 0 Å². The Morgan fingerprint density at radius 2 is 1.40 bits per heavy atom. The van der Waals surface area contributed by atoms with Gasteiger partial charge >= 0.3 is 11.9 Å². The lowest BCUT2D eigenvalue weighted by Crippen LogP contribution is -2.06. The van der Waals surface area contributed by atoms with E-state index in [-0.39, 0.29) is 24.1 Å². The number of rotatable bonds is 2. The second-order valence-electron chi connectivity index (χ2n) is 3.76. The third kappa shape index (κ3) is 136. The molecule has 6 nitrogen and oxygen atoms in total. The number of carbonyl (C=O) groups is 3. The van der Waals surface area contributed by atoms with Crippen molar-refractivity contribution in [3.63, 3.8) is 0 Å². The summed E-state index contributed by atoms with van der Waals surface area (Å²) < 4.78 is 8.78. The van der Waals surface area contributed by atoms with E-state index in [1.54, 1.807) is 13.8 Å². The fraction of sp³-hybridized carbons (Fsp3) is 0.643. The van der Waals surface area contributed by atoms with Gasteiger partial charge in [-0.1, -0.05) is 6.58 Å². The van der Waals surface area contributed by atoms with Crippen molar-refractivity contribution in [2.24, 2.45) is 0 Å². The highest BCUT2D eigenvalue weighted by molar-refractivity contribution is 5.66. The number of ether oxygens (including phenoxy) is 2. The lowest BCUT2D eigenvalue weighted by atomic mass is 10.5. The largest absolute Gasteiger partial charge is 0.463 e. The van der Waals surface area contributed by atoms with Crippen molar-refractivity contribution in [1.82, 2.24) is 0 Å². The van der Waals surface area contributed by atoms with Gasteiger partial charge in [-0.05, 0) is 34.6 Å². The number of aliphatic hydroxyl groups excluding tert-OH is 1. The summed E-state index contributed by atoms with van der Waals surface area (Å²) in [5, 5.41) is 8.06. The number of aldehydes is 1. The summed E-state index contributed by atoms with van der Waals surface area (Å²) in [6.07, 6.45) is 1.71. The summed E-state index contributed by atoms with van der Waals surface area (Å²) in [6, 6.07) is 0. The second-order valence-corrected chi connectivity index (χ2v) is 3.76. The quantitative estimate of drug-likeness (QED) is 0.477. The molecule has 20 heavy (non-hydrogen) atoms. The average molecular weight is 292 g/mol. The van der Waals surface area contributed by atoms with Gasteiger partial charge in [-0.3, -0.25) is 9.59 Å². The number of hydrogen-bond acceptors (Lipinski definition) is 6. The number of carbonyl (C=O) groups excluding carboxylic acids is 3. The van der Waals surface area contributed by atoms with Crippen molar-refractivity contribution >= 4 is 18.2 Å². The van der Waals surface area contributed by atoms with Gasteiger partial charge in [0.2, 0.25) is 0 Å². The van der Waals surface area contributed by atoms with Gasteiger partial charge < -0.3 is 19.4 Å². The Kier molecular flexibility index (Phi) is 30.1. The highest BCUT2D eigenvalue weighted by Crippen LogP contribution is 1.85. The van der Waals surface area contributed by atoms with E-state index in [9.17, 15) is 9.59 Å². The Hall–Kier alpha value is -1.69. The van der Waals surface area contributed by atoms with Crippen LogP contribution in [0.5, 0.6) is 0 Å². The van der Waals surface area contributed by atoms with Crippen LogP contribution in [0, 0.1) is 0 Å². The zero-order valence-electron chi connectivity index (χ0n) is 13.5. The van der Waals surface area contributed by atoms with Gasteiger partial charge in [0.1, 0.15) is 6.29 Å². The molecule has 0 aliphatic rings. The van der Waals surface area contributed by atoms with Gasteiger partial charge in [0.15, 0.2) is 0 Å². The molecule has 0 aliphatic heterocycles. The molecule has 0 aromatic carbocycles. The summed E-state index contributed by atoms with van der Waals surface area (Å²) in [7, 11) is 0. The number of esters is 2. The molecule has 0 bridgehead atoms. The maximum atomic E-state index is 10.0. The van der Waals surface area contributed by atoms with E-state index in [0.29, 0.717) is 0 Å². The third-order valence-corrected chi connectivity index (χ3v) is 0.651. The molecule has 0 aliphatic carbocycles. The van der Waals surface area contributed by atoms with Crippen LogP contribution in [0.15, 0.2) is 12.8 Å². The zero-order chi connectivity index (χ0) is 17.1. The van der Waals surface area contributed by atoms with Crippen LogP contribution in [-0.4, -0.2) is 35.5 Å². The molecule has 0 fully saturated rings. The molecule has 0 rings (SSSR count). The molecule has 0 radical (unpaired) electrons. The molecule has 0 amide bonds. The predicted octanol–water partition coefficient (Wildman–Crippen LogP) is 2.24. The monoisotopic (exact) mass is 292 g/mol. The minimum Gasteiger partial charge on any atom is -0.463 e. The van der Waals surface area contributed by atoms with Gasteiger partial charge in [-0.15, -0.1) is 0 Å². The van der Waals surface area contributed by atoms with Gasteiger partial charge in [-0.25, -0.2) is 0 Å². The molecule has 0 unspecified atom stereocenters. The molecular formula is C14H28O6. The first-order valence-corrected chi connectivity index (χ1v) is 6.08. The molecule has 0 atom stereocenters. The Morgan fingerprint density at radius 1 is 1.10 bits per heavy atom. The average Bonchev–Trinajstić information content (AvgIpc) is 2.15. The first-order valence-electron chi connectivity index (χ1n) is 6.08. The van der Waals surface area contributed by atoms with Crippen molar-refractivity contribution in [2.45, 2.75) is 60.7 Å². The number of hydrogen-bond donors (Lipinski definition) is 1. The van der Waals surface area contributed by atoms with Gasteiger partial charge in [0, 0.05) is 20.0 Å². The molecule has 1 N–H and O–H groups in total. The molecule has 0 heterocycles. The molecule has 0 saturated heterocycles. The fourth-order valence-electron chi connectivity index (χ4n) is 0.449. The second kappa shape index (κ2) is 22.5. The van der Waals surface area contributed by atoms with E-state index in [0.717, 1.165) is 12.5 Å². The molecule has 120 valence electrons. The topological polar surface area (TPSA) is 89.9 Å². The Labute approximate surface area is 121 Å². The van der Waals surface area contributed by atoms with E-state index in [1.807, 2.05) is 13.8 Å². The summed E-state index contributed by atoms with van der Waals surface area (Å²) in [6.45, 7) is 14.4. The Bertz CT molecular complexity index is 243. The summed E-state index contributed by atoms with van der Waals surface area (Å²) >= 11 is 0. The van der Waals surface area contributed by atoms with Crippen LogP contribution < -0.4 is 0 Å². The SMILES string of the molecule is C=COC(C)=O.CC(=O)OC(C)C.CC(C)O.CC=O. The molecule has 0 spiro atoms. The summed E-state index contributed by atoms with van der Waals surface area (Å²) in [5.41, 5.74) is 0. The maximum absolute atomic E-state index is 10.0. The van der Waals surface area contributed by atoms with E-state index in [4.69, 9.17) is 9.90 Å². The van der Waals surface area contributed by atoms with Crippen molar-refractivity contribution in [1.29, 1.82) is 0 Å². The van der Waals surface area contributed by atoms with Crippen molar-refractivity contribution in [2.75, 3.05) is 0 Å². The van der Waals surface area contributed by atoms with E-state index in [2.05, 4.69) is 16.1 Å². The summed E-state index contributed by atoms with van der Waals surface area (Å²) in [4.78, 5) is 28.6. The number of aliphatic hydroxyl groups is 1. The first kappa shape index (κ1) is 26.8. The molecule has 6 heteroatoms. The van der Waals surface area contributed by atoms with Crippen LogP contribution in [0.3, 0.4) is 0 Å². The lowest BCUT2D eigenvalue weighted by Gasteiger charge is -2.01. The highest BCUT2D eigenvalue weighted by atomic mass is 16.5. The van der Waals surface area contributed by atoms with Crippen molar-refractivity contribution in [3.8, 4) is 0 Å². The molecular weight excluding hydrogens is 264 g/mol. The smallest absolute Gasteiger partial charge is 0.307 e. The fourth-order valence-corrected chi connectivity index (χ4v) is 0.449. The van der Waals surface area contributed by atoms with E-state index >= 15 is 0 Å². The normalized spacial score (nSPS) is 7.70. The lowest BCUT2D eigenvalue weighted by molar-refractivity contribution is -0.144. The molecule has 0 saturated carbocycles. The minimum absolute atomic E-state index is 0.0255. The third-order valence-electron chi connectivity index (χ3n) is 0.651. The minimum atomic E-state index is -0.329. The maximum Gasteiger partial charge on any atom is 0.307 e. The predicted molar refractivity (Wildman–Crippen MR) is 78.0 cm³/mol. The summed E-state index contributed by atoms with van der Waals surface area (Å²) in [5.74, 6) is -0.542. The van der Waals surface area contributed by atoms with Gasteiger partial charge in [0.05, 0.1) is 12.4 Å². The van der Waals surface area contributed by atoms with Crippen molar-refractivity contribution < 1.29 is 29.0 Å². The molecule has 0 aromatic rings. The van der Waals surface area contributed by atoms with Crippen LogP contribution in [-0.2, 0) is 23.9 Å². The van der Waals surface area contributed by atoms with Crippen molar-refractivity contribution in [3.05, 3.63) is 12.8 Å². The molecule has 0 aromatic heterocycles. The van der Waals surface area contributed by atoms with Crippen LogP contribution in [0.2, 0.25) is 0 Å². The Balaban J connectivity index is -0.0000000899. The zero-order valence-corrected chi connectivity index (χ0v) is 13.5. The van der Waals surface area contributed by atoms with Crippen LogP contribution in [0.1, 0.15) is 48.5 Å². The Morgan fingerprint density at radius 3 is 1.40 bits per heavy atom. The van der Waals surface area contributed by atoms with E-state index in [1.165, 1.54) is 20.8 Å². The van der Waals surface area contributed by atoms with Crippen LogP contribution in [0.4, 0.5) is 0 Å². The van der Waals surface area contributed by atoms with Gasteiger partial charge in [-0.2, -0.15) is 0 Å².